The van der Waals surface area contributed by atoms with Crippen molar-refractivity contribution in [3.8, 4) is 5.75 Å². The Kier molecular flexibility index (Phi) is 6.85. The van der Waals surface area contributed by atoms with Crippen LogP contribution in [-0.2, 0) is 6.42 Å². The summed E-state index contributed by atoms with van der Waals surface area (Å²) < 4.78 is 67.2. The Morgan fingerprint density at radius 2 is 1.60 bits per heavy atom. The lowest BCUT2D eigenvalue weighted by Gasteiger charge is -2.28. The van der Waals surface area contributed by atoms with Gasteiger partial charge in [0.1, 0.15) is 0 Å². The summed E-state index contributed by atoms with van der Waals surface area (Å²) in [5.74, 6) is -2.81. The van der Waals surface area contributed by atoms with E-state index in [-0.39, 0.29) is 0 Å². The molecule has 1 aliphatic rings. The van der Waals surface area contributed by atoms with Gasteiger partial charge in [0.15, 0.2) is 11.6 Å². The van der Waals surface area contributed by atoms with Crippen molar-refractivity contribution in [1.29, 1.82) is 0 Å². The van der Waals surface area contributed by atoms with Crippen molar-refractivity contribution in [2.45, 2.75) is 58.2 Å². The number of hydrogen-bond acceptors (Lipinski definition) is 1. The normalized spacial score (nSPS) is 21.7. The summed E-state index contributed by atoms with van der Waals surface area (Å²) in [4.78, 5) is 0. The van der Waals surface area contributed by atoms with Gasteiger partial charge in [0, 0.05) is 0 Å². The van der Waals surface area contributed by atoms with Crippen molar-refractivity contribution in [3.63, 3.8) is 0 Å². The van der Waals surface area contributed by atoms with Crippen LogP contribution in [0.3, 0.4) is 0 Å². The summed E-state index contributed by atoms with van der Waals surface area (Å²) in [5.41, 5.74) is 0.362. The average Bonchev–Trinajstić information content (AvgIpc) is 2.54. The number of rotatable bonds is 6. The first-order valence-corrected chi connectivity index (χ1v) is 8.63. The van der Waals surface area contributed by atoms with Gasteiger partial charge >= 0.3 is 6.36 Å². The molecule has 6 heteroatoms. The summed E-state index contributed by atoms with van der Waals surface area (Å²) in [6.07, 6.45) is 5.92. The van der Waals surface area contributed by atoms with Crippen molar-refractivity contribution < 1.29 is 26.7 Å². The van der Waals surface area contributed by atoms with Crippen molar-refractivity contribution in [1.82, 2.24) is 0 Å². The Hall–Kier alpha value is -1.59. The van der Waals surface area contributed by atoms with Gasteiger partial charge in [0.2, 0.25) is 5.75 Å². The van der Waals surface area contributed by atoms with Crippen molar-refractivity contribution in [2.75, 3.05) is 0 Å². The highest BCUT2D eigenvalue weighted by Crippen LogP contribution is 2.34. The van der Waals surface area contributed by atoms with Gasteiger partial charge in [-0.25, -0.2) is 8.78 Å². The predicted molar refractivity (Wildman–Crippen MR) is 86.2 cm³/mol. The van der Waals surface area contributed by atoms with Gasteiger partial charge in [-0.15, -0.1) is 13.2 Å². The largest absolute Gasteiger partial charge is 0.573 e. The summed E-state index contributed by atoms with van der Waals surface area (Å²) >= 11 is 0. The van der Waals surface area contributed by atoms with Crippen LogP contribution in [-0.4, -0.2) is 6.36 Å². The fourth-order valence-electron chi connectivity index (χ4n) is 3.43. The third-order valence-electron chi connectivity index (χ3n) is 4.79. The highest BCUT2D eigenvalue weighted by molar-refractivity contribution is 5.31. The number of ether oxygens (including phenoxy) is 1. The summed E-state index contributed by atoms with van der Waals surface area (Å²) in [6, 6.07) is 1.86. The molecule has 0 spiro atoms. The molecule has 0 saturated heterocycles. The predicted octanol–water partition coefficient (Wildman–Crippen LogP) is 6.57. The van der Waals surface area contributed by atoms with Gasteiger partial charge in [-0.3, -0.25) is 0 Å². The standard InChI is InChI=1S/C19H23F5O/c1-2-3-4-13-5-7-14(8-6-13)9-10-15-11-16(20)18(17(21)12-15)25-19(22,23)24/h2-3,11-14H,4-10H2,1H3/b3-2+. The Morgan fingerprint density at radius 1 is 1.04 bits per heavy atom. The van der Waals surface area contributed by atoms with E-state index < -0.39 is 23.7 Å². The lowest BCUT2D eigenvalue weighted by Crippen LogP contribution is -2.19. The molecule has 1 aliphatic carbocycles. The molecule has 140 valence electrons. The lowest BCUT2D eigenvalue weighted by molar-refractivity contribution is -0.276. The molecular formula is C19H23F5O. The molecular weight excluding hydrogens is 339 g/mol. The van der Waals surface area contributed by atoms with Crippen LogP contribution in [0.5, 0.6) is 5.75 Å². The summed E-state index contributed by atoms with van der Waals surface area (Å²) in [7, 11) is 0. The van der Waals surface area contributed by atoms with Crippen LogP contribution < -0.4 is 4.74 Å². The number of alkyl halides is 3. The van der Waals surface area contributed by atoms with E-state index in [9.17, 15) is 22.0 Å². The number of halogens is 5. The van der Waals surface area contributed by atoms with E-state index >= 15 is 0 Å². The number of benzene rings is 1. The highest BCUT2D eigenvalue weighted by Gasteiger charge is 2.34. The number of allylic oxidation sites excluding steroid dienone is 2. The zero-order valence-corrected chi connectivity index (χ0v) is 14.2. The topological polar surface area (TPSA) is 9.23 Å². The maximum Gasteiger partial charge on any atom is 0.573 e. The van der Waals surface area contributed by atoms with E-state index in [0.29, 0.717) is 23.8 Å². The molecule has 0 aromatic heterocycles. The van der Waals surface area contributed by atoms with Crippen molar-refractivity contribution in [3.05, 3.63) is 41.5 Å². The lowest BCUT2D eigenvalue weighted by atomic mass is 9.78. The Labute approximate surface area is 144 Å². The Balaban J connectivity index is 1.87. The van der Waals surface area contributed by atoms with Crippen LogP contribution in [0.1, 0.15) is 51.0 Å². The van der Waals surface area contributed by atoms with E-state index in [1.54, 1.807) is 0 Å². The second-order valence-corrected chi connectivity index (χ2v) is 6.67. The SMILES string of the molecule is C/C=C/CC1CCC(CCc2cc(F)c(OC(F)(F)F)c(F)c2)CC1. The molecule has 1 fully saturated rings. The van der Waals surface area contributed by atoms with Gasteiger partial charge in [-0.1, -0.05) is 25.0 Å². The van der Waals surface area contributed by atoms with Crippen LogP contribution in [0, 0.1) is 23.5 Å². The molecule has 0 atom stereocenters. The Bertz CT molecular complexity index is 563. The Morgan fingerprint density at radius 3 is 2.12 bits per heavy atom. The van der Waals surface area contributed by atoms with E-state index in [4.69, 9.17) is 0 Å². The minimum atomic E-state index is -5.12. The fourth-order valence-corrected chi connectivity index (χ4v) is 3.43. The fraction of sp³-hybridized carbons (Fsp3) is 0.579. The van der Waals surface area contributed by atoms with Crippen molar-refractivity contribution >= 4 is 0 Å². The molecule has 2 rings (SSSR count). The highest BCUT2D eigenvalue weighted by atomic mass is 19.4. The van der Waals surface area contributed by atoms with Crippen LogP contribution in [0.15, 0.2) is 24.3 Å². The molecule has 0 aliphatic heterocycles. The van der Waals surface area contributed by atoms with Crippen LogP contribution in [0.4, 0.5) is 22.0 Å². The molecule has 0 heterocycles. The summed E-state index contributed by atoms with van der Waals surface area (Å²) in [6.45, 7) is 2.01. The first-order valence-electron chi connectivity index (χ1n) is 8.63. The first kappa shape index (κ1) is 19.7. The summed E-state index contributed by atoms with van der Waals surface area (Å²) in [5, 5.41) is 0. The quantitative estimate of drug-likeness (QED) is 0.411. The maximum atomic E-state index is 13.7. The molecule has 25 heavy (non-hydrogen) atoms. The van der Waals surface area contributed by atoms with Crippen LogP contribution in [0.2, 0.25) is 0 Å². The molecule has 0 radical (unpaired) electrons. The van der Waals surface area contributed by atoms with Gasteiger partial charge in [-0.2, -0.15) is 0 Å². The molecule has 1 aromatic carbocycles. The van der Waals surface area contributed by atoms with E-state index in [1.165, 1.54) is 0 Å². The molecule has 0 unspecified atom stereocenters. The molecule has 0 amide bonds. The second kappa shape index (κ2) is 8.68. The average molecular weight is 362 g/mol. The number of hydrogen-bond donors (Lipinski definition) is 0. The van der Waals surface area contributed by atoms with E-state index in [0.717, 1.165) is 50.7 Å². The zero-order valence-electron chi connectivity index (χ0n) is 14.2. The minimum absolute atomic E-state index is 0.362. The monoisotopic (exact) mass is 362 g/mol. The molecule has 0 N–H and O–H groups in total. The smallest absolute Gasteiger partial charge is 0.399 e. The second-order valence-electron chi connectivity index (χ2n) is 6.67. The van der Waals surface area contributed by atoms with Gasteiger partial charge in [-0.05, 0) is 68.6 Å². The molecule has 1 nitrogen and oxygen atoms in total. The third kappa shape index (κ3) is 6.33. The molecule has 0 bridgehead atoms. The van der Waals surface area contributed by atoms with Crippen LogP contribution >= 0.6 is 0 Å². The number of aryl methyl sites for hydroxylation is 1. The van der Waals surface area contributed by atoms with Gasteiger partial charge < -0.3 is 4.74 Å². The van der Waals surface area contributed by atoms with Gasteiger partial charge in [0.05, 0.1) is 0 Å². The molecule has 1 saturated carbocycles. The third-order valence-corrected chi connectivity index (χ3v) is 4.79. The van der Waals surface area contributed by atoms with E-state index in [2.05, 4.69) is 16.9 Å². The van der Waals surface area contributed by atoms with E-state index in [1.807, 2.05) is 6.92 Å². The zero-order chi connectivity index (χ0) is 18.4. The molecule has 1 aromatic rings. The minimum Gasteiger partial charge on any atom is -0.399 e. The van der Waals surface area contributed by atoms with Crippen molar-refractivity contribution in [2.24, 2.45) is 11.8 Å². The maximum absolute atomic E-state index is 13.7. The van der Waals surface area contributed by atoms with Gasteiger partial charge in [0.25, 0.3) is 0 Å². The first-order chi connectivity index (χ1) is 11.8. The van der Waals surface area contributed by atoms with Crippen LogP contribution in [0.25, 0.3) is 0 Å².